The fourth-order valence-electron chi connectivity index (χ4n) is 2.57. The van der Waals surface area contributed by atoms with Gasteiger partial charge in [0.1, 0.15) is 0 Å². The number of thioether (sulfide) groups is 2. The molecule has 0 N–H and O–H groups in total. The normalized spacial score (nSPS) is 11.9. The van der Waals surface area contributed by atoms with Crippen LogP contribution in [0, 0.1) is 10.1 Å². The Kier molecular flexibility index (Phi) is 6.35. The maximum Gasteiger partial charge on any atom is 0.279 e. The van der Waals surface area contributed by atoms with E-state index in [1.165, 1.54) is 23.5 Å². The van der Waals surface area contributed by atoms with Crippen LogP contribution in [0.5, 0.6) is 0 Å². The highest BCUT2D eigenvalue weighted by molar-refractivity contribution is 7.98. The second-order valence-corrected chi connectivity index (χ2v) is 8.46. The summed E-state index contributed by atoms with van der Waals surface area (Å²) in [6.07, 6.45) is 3.96. The number of aryl methyl sites for hydroxylation is 1. The Bertz CT molecular complexity index is 1070. The summed E-state index contributed by atoms with van der Waals surface area (Å²) in [6.45, 7) is 0.677. The van der Waals surface area contributed by atoms with Gasteiger partial charge in [0.2, 0.25) is 0 Å². The lowest BCUT2D eigenvalue weighted by Crippen LogP contribution is -2.18. The number of thiazole rings is 1. The fourth-order valence-corrected chi connectivity index (χ4v) is 4.48. The number of hydrogen-bond donors (Lipinski definition) is 0. The van der Waals surface area contributed by atoms with E-state index in [1.54, 1.807) is 35.7 Å². The van der Waals surface area contributed by atoms with Gasteiger partial charge in [0, 0.05) is 34.9 Å². The summed E-state index contributed by atoms with van der Waals surface area (Å²) < 4.78 is 2.70. The molecule has 0 radical (unpaired) electrons. The zero-order valence-electron chi connectivity index (χ0n) is 14.7. The zero-order chi connectivity index (χ0) is 19.4. The number of fused-ring (bicyclic) bond motifs is 1. The molecule has 0 saturated heterocycles. The minimum absolute atomic E-state index is 0.0336. The van der Waals surface area contributed by atoms with Gasteiger partial charge < -0.3 is 4.57 Å². The number of nitro groups is 1. The quantitative estimate of drug-likeness (QED) is 0.335. The predicted octanol–water partition coefficient (Wildman–Crippen LogP) is 4.44. The molecule has 2 aromatic carbocycles. The van der Waals surface area contributed by atoms with Gasteiger partial charge in [0.15, 0.2) is 4.80 Å². The highest BCUT2D eigenvalue weighted by Crippen LogP contribution is 2.24. The molecule has 9 heteroatoms. The van der Waals surface area contributed by atoms with Gasteiger partial charge in [0.25, 0.3) is 11.6 Å². The monoisotopic (exact) mass is 419 g/mol. The number of benzene rings is 2. The van der Waals surface area contributed by atoms with Crippen molar-refractivity contribution < 1.29 is 9.72 Å². The zero-order valence-corrected chi connectivity index (χ0v) is 17.2. The number of carbonyl (C=O) groups is 1. The lowest BCUT2D eigenvalue weighted by Gasteiger charge is -2.04. The molecule has 1 amide bonds. The summed E-state index contributed by atoms with van der Waals surface area (Å²) in [5, 5.41) is 11.1. The molecule has 0 aliphatic heterocycles. The van der Waals surface area contributed by atoms with E-state index in [-0.39, 0.29) is 11.6 Å². The first-order chi connectivity index (χ1) is 13.0. The summed E-state index contributed by atoms with van der Waals surface area (Å²) in [7, 11) is 0. The van der Waals surface area contributed by atoms with Crippen molar-refractivity contribution >= 4 is 56.7 Å². The summed E-state index contributed by atoms with van der Waals surface area (Å²) in [4.78, 5) is 29.2. The fraction of sp³-hybridized carbons (Fsp3) is 0.222. The number of hydrogen-bond acceptors (Lipinski definition) is 6. The first kappa shape index (κ1) is 19.7. The SMILES string of the molecule is CSCCn1c(=NC(=O)c2cccc(SC)c2)sc2cc([N+](=O)[O-])ccc21. The summed E-state index contributed by atoms with van der Waals surface area (Å²) in [5.41, 5.74) is 1.41. The number of carbonyl (C=O) groups excluding carboxylic acids is 1. The molecular formula is C18H17N3O3S3. The van der Waals surface area contributed by atoms with Crippen LogP contribution < -0.4 is 4.80 Å². The van der Waals surface area contributed by atoms with Crippen molar-refractivity contribution in [1.82, 2.24) is 4.57 Å². The van der Waals surface area contributed by atoms with E-state index in [4.69, 9.17) is 0 Å². The predicted molar refractivity (Wildman–Crippen MR) is 113 cm³/mol. The number of nitrogens with zero attached hydrogens (tertiary/aromatic N) is 3. The third-order valence-corrected chi connectivity index (χ3v) is 6.27. The Hall–Kier alpha value is -2.10. The average Bonchev–Trinajstić information content (AvgIpc) is 3.02. The molecule has 0 aliphatic rings. The third kappa shape index (κ3) is 4.42. The second-order valence-electron chi connectivity index (χ2n) is 5.59. The standard InChI is InChI=1S/C18H17N3O3S3/c1-25-9-8-20-15-7-6-13(21(23)24)11-16(15)27-18(20)19-17(22)12-4-3-5-14(10-12)26-2/h3-7,10-11H,8-9H2,1-2H3. The van der Waals surface area contributed by atoms with E-state index < -0.39 is 4.92 Å². The van der Waals surface area contributed by atoms with E-state index in [9.17, 15) is 14.9 Å². The van der Waals surface area contributed by atoms with Crippen LogP contribution in [0.25, 0.3) is 10.2 Å². The smallest absolute Gasteiger partial charge is 0.279 e. The van der Waals surface area contributed by atoms with E-state index in [0.717, 1.165) is 20.9 Å². The van der Waals surface area contributed by atoms with Crippen LogP contribution in [-0.2, 0) is 6.54 Å². The number of amides is 1. The summed E-state index contributed by atoms with van der Waals surface area (Å²) in [5.74, 6) is 0.538. The molecule has 3 aromatic rings. The highest BCUT2D eigenvalue weighted by atomic mass is 32.2. The molecule has 6 nitrogen and oxygen atoms in total. The van der Waals surface area contributed by atoms with Crippen LogP contribution in [0.15, 0.2) is 52.4 Å². The minimum Gasteiger partial charge on any atom is -0.315 e. The van der Waals surface area contributed by atoms with Gasteiger partial charge in [-0.25, -0.2) is 0 Å². The van der Waals surface area contributed by atoms with Crippen LogP contribution in [0.3, 0.4) is 0 Å². The third-order valence-electron chi connectivity index (χ3n) is 3.91. The van der Waals surface area contributed by atoms with Gasteiger partial charge >= 0.3 is 0 Å². The lowest BCUT2D eigenvalue weighted by molar-refractivity contribution is -0.384. The molecule has 0 spiro atoms. The number of aromatic nitrogens is 1. The molecule has 1 aromatic heterocycles. The molecule has 0 unspecified atom stereocenters. The van der Waals surface area contributed by atoms with E-state index >= 15 is 0 Å². The van der Waals surface area contributed by atoms with Crippen molar-refractivity contribution in [2.24, 2.45) is 4.99 Å². The van der Waals surface area contributed by atoms with Crippen molar-refractivity contribution in [2.45, 2.75) is 11.4 Å². The Labute approximate surface area is 168 Å². The van der Waals surface area contributed by atoms with Crippen molar-refractivity contribution in [2.75, 3.05) is 18.3 Å². The minimum atomic E-state index is -0.415. The van der Waals surface area contributed by atoms with Gasteiger partial charge in [-0.15, -0.1) is 11.8 Å². The maximum absolute atomic E-state index is 12.7. The Morgan fingerprint density at radius 3 is 2.78 bits per heavy atom. The molecule has 140 valence electrons. The van der Waals surface area contributed by atoms with Gasteiger partial charge in [-0.1, -0.05) is 17.4 Å². The highest BCUT2D eigenvalue weighted by Gasteiger charge is 2.13. The molecule has 0 fully saturated rings. The lowest BCUT2D eigenvalue weighted by atomic mass is 10.2. The number of rotatable bonds is 6. The molecule has 0 atom stereocenters. The van der Waals surface area contributed by atoms with Crippen LogP contribution in [-0.4, -0.2) is 33.7 Å². The Balaban J connectivity index is 2.11. The topological polar surface area (TPSA) is 77.5 Å². The Morgan fingerprint density at radius 1 is 1.26 bits per heavy atom. The first-order valence-electron chi connectivity index (χ1n) is 8.03. The first-order valence-corrected chi connectivity index (χ1v) is 11.5. The van der Waals surface area contributed by atoms with Crippen LogP contribution >= 0.6 is 34.9 Å². The average molecular weight is 420 g/mol. The van der Waals surface area contributed by atoms with Crippen LogP contribution in [0.4, 0.5) is 5.69 Å². The molecule has 0 saturated carbocycles. The van der Waals surface area contributed by atoms with Crippen molar-refractivity contribution in [3.8, 4) is 0 Å². The second kappa shape index (κ2) is 8.73. The summed E-state index contributed by atoms with van der Waals surface area (Å²) in [6, 6.07) is 12.1. The molecule has 0 bridgehead atoms. The van der Waals surface area contributed by atoms with Gasteiger partial charge in [-0.2, -0.15) is 16.8 Å². The maximum atomic E-state index is 12.7. The largest absolute Gasteiger partial charge is 0.315 e. The molecule has 3 rings (SSSR count). The van der Waals surface area contributed by atoms with Crippen LogP contribution in [0.2, 0.25) is 0 Å². The molecule has 1 heterocycles. The van der Waals surface area contributed by atoms with Crippen LogP contribution in [0.1, 0.15) is 10.4 Å². The molecule has 0 aliphatic carbocycles. The number of non-ortho nitro benzene ring substituents is 1. The van der Waals surface area contributed by atoms with Gasteiger partial charge in [-0.3, -0.25) is 14.9 Å². The van der Waals surface area contributed by atoms with Crippen molar-refractivity contribution in [1.29, 1.82) is 0 Å². The van der Waals surface area contributed by atoms with E-state index in [2.05, 4.69) is 4.99 Å². The van der Waals surface area contributed by atoms with Crippen molar-refractivity contribution in [3.05, 3.63) is 62.9 Å². The molecule has 27 heavy (non-hydrogen) atoms. The van der Waals surface area contributed by atoms with Gasteiger partial charge in [-0.05, 0) is 36.8 Å². The van der Waals surface area contributed by atoms with Crippen molar-refractivity contribution in [3.63, 3.8) is 0 Å². The van der Waals surface area contributed by atoms with Gasteiger partial charge in [0.05, 0.1) is 15.1 Å². The van der Waals surface area contributed by atoms with E-state index in [0.29, 0.717) is 16.9 Å². The number of nitro benzene ring substituents is 1. The molecular weight excluding hydrogens is 402 g/mol. The summed E-state index contributed by atoms with van der Waals surface area (Å²) >= 11 is 4.55. The Morgan fingerprint density at radius 2 is 2.07 bits per heavy atom. The van der Waals surface area contributed by atoms with E-state index in [1.807, 2.05) is 35.3 Å².